The molecule has 0 N–H and O–H groups in total. The summed E-state index contributed by atoms with van der Waals surface area (Å²) in [6.07, 6.45) is 3.66. The zero-order chi connectivity index (χ0) is 14.5. The van der Waals surface area contributed by atoms with Crippen LogP contribution < -0.4 is 9.47 Å². The molecular weight excluding hydrogens is 322 g/mol. The second-order valence-electron chi connectivity index (χ2n) is 4.18. The molecule has 0 atom stereocenters. The van der Waals surface area contributed by atoms with Crippen molar-refractivity contribution in [2.24, 2.45) is 0 Å². The van der Waals surface area contributed by atoms with Crippen LogP contribution in [-0.2, 0) is 6.42 Å². The van der Waals surface area contributed by atoms with E-state index in [1.165, 1.54) is 0 Å². The van der Waals surface area contributed by atoms with Crippen molar-refractivity contribution in [2.45, 2.75) is 6.42 Å². The maximum atomic E-state index is 12.3. The SMILES string of the molecule is COc1ccc(C(=O)Cc2cncc(Br)c2)cc1OC. The van der Waals surface area contributed by atoms with Crippen molar-refractivity contribution < 1.29 is 14.3 Å². The van der Waals surface area contributed by atoms with E-state index in [0.717, 1.165) is 10.0 Å². The fourth-order valence-electron chi connectivity index (χ4n) is 1.85. The van der Waals surface area contributed by atoms with Gasteiger partial charge in [0.1, 0.15) is 0 Å². The number of hydrogen-bond donors (Lipinski definition) is 0. The molecule has 2 aromatic rings. The van der Waals surface area contributed by atoms with Crippen LogP contribution in [0.25, 0.3) is 0 Å². The third kappa shape index (κ3) is 3.36. The Morgan fingerprint density at radius 1 is 1.15 bits per heavy atom. The average Bonchev–Trinajstić information content (AvgIpc) is 2.46. The lowest BCUT2D eigenvalue weighted by atomic mass is 10.0. The molecule has 0 radical (unpaired) electrons. The lowest BCUT2D eigenvalue weighted by Gasteiger charge is -2.09. The third-order valence-corrected chi connectivity index (χ3v) is 3.27. The summed E-state index contributed by atoms with van der Waals surface area (Å²) >= 11 is 3.34. The number of methoxy groups -OCH3 is 2. The highest BCUT2D eigenvalue weighted by atomic mass is 79.9. The summed E-state index contributed by atoms with van der Waals surface area (Å²) in [5, 5.41) is 0. The monoisotopic (exact) mass is 335 g/mol. The minimum absolute atomic E-state index is 0.00542. The van der Waals surface area contributed by atoms with Crippen LogP contribution in [0.4, 0.5) is 0 Å². The number of rotatable bonds is 5. The fraction of sp³-hybridized carbons (Fsp3) is 0.200. The Kier molecular flexibility index (Phi) is 4.74. The molecule has 20 heavy (non-hydrogen) atoms. The van der Waals surface area contributed by atoms with Crippen LogP contribution in [0.5, 0.6) is 11.5 Å². The number of benzene rings is 1. The van der Waals surface area contributed by atoms with Crippen LogP contribution in [0, 0.1) is 0 Å². The van der Waals surface area contributed by atoms with E-state index in [-0.39, 0.29) is 5.78 Å². The van der Waals surface area contributed by atoms with Gasteiger partial charge in [-0.3, -0.25) is 9.78 Å². The van der Waals surface area contributed by atoms with Crippen molar-refractivity contribution in [1.82, 2.24) is 4.98 Å². The van der Waals surface area contributed by atoms with E-state index in [0.29, 0.717) is 23.5 Å². The maximum absolute atomic E-state index is 12.3. The predicted octanol–water partition coefficient (Wildman–Crippen LogP) is 3.29. The number of aromatic nitrogens is 1. The van der Waals surface area contributed by atoms with Gasteiger partial charge in [-0.15, -0.1) is 0 Å². The highest BCUT2D eigenvalue weighted by Crippen LogP contribution is 2.28. The Morgan fingerprint density at radius 3 is 2.55 bits per heavy atom. The molecule has 0 bridgehead atoms. The second kappa shape index (κ2) is 6.52. The summed E-state index contributed by atoms with van der Waals surface area (Å²) in [5.41, 5.74) is 1.45. The molecule has 104 valence electrons. The van der Waals surface area contributed by atoms with Gasteiger partial charge in [-0.25, -0.2) is 0 Å². The van der Waals surface area contributed by atoms with Crippen molar-refractivity contribution in [3.8, 4) is 11.5 Å². The molecule has 0 amide bonds. The summed E-state index contributed by atoms with van der Waals surface area (Å²) < 4.78 is 11.2. The molecular formula is C15H14BrNO3. The van der Waals surface area contributed by atoms with Crippen molar-refractivity contribution in [2.75, 3.05) is 14.2 Å². The highest BCUT2D eigenvalue weighted by Gasteiger charge is 2.11. The molecule has 1 heterocycles. The summed E-state index contributed by atoms with van der Waals surface area (Å²) in [4.78, 5) is 16.3. The van der Waals surface area contributed by atoms with Gasteiger partial charge in [0.25, 0.3) is 0 Å². The summed E-state index contributed by atoms with van der Waals surface area (Å²) in [6.45, 7) is 0. The topological polar surface area (TPSA) is 48.4 Å². The van der Waals surface area contributed by atoms with E-state index in [1.807, 2.05) is 6.07 Å². The minimum Gasteiger partial charge on any atom is -0.493 e. The minimum atomic E-state index is 0.00542. The van der Waals surface area contributed by atoms with Crippen LogP contribution in [0.3, 0.4) is 0 Å². The normalized spacial score (nSPS) is 10.2. The van der Waals surface area contributed by atoms with Gasteiger partial charge in [-0.1, -0.05) is 0 Å². The van der Waals surface area contributed by atoms with E-state index in [1.54, 1.807) is 44.8 Å². The number of hydrogen-bond acceptors (Lipinski definition) is 4. The first-order chi connectivity index (χ1) is 9.63. The van der Waals surface area contributed by atoms with Crippen LogP contribution in [0.2, 0.25) is 0 Å². The molecule has 0 spiro atoms. The molecule has 0 aliphatic rings. The Bertz CT molecular complexity index is 628. The Morgan fingerprint density at radius 2 is 1.90 bits per heavy atom. The second-order valence-corrected chi connectivity index (χ2v) is 5.10. The molecule has 0 aliphatic heterocycles. The zero-order valence-electron chi connectivity index (χ0n) is 11.2. The molecule has 0 unspecified atom stereocenters. The van der Waals surface area contributed by atoms with Crippen LogP contribution in [0.1, 0.15) is 15.9 Å². The van der Waals surface area contributed by atoms with Gasteiger partial charge in [0.2, 0.25) is 0 Å². The first kappa shape index (κ1) is 14.5. The number of Topliss-reactive ketones (excluding diaryl/α,β-unsaturated/α-hetero) is 1. The van der Waals surface area contributed by atoms with E-state index in [4.69, 9.17) is 9.47 Å². The molecule has 0 saturated heterocycles. The van der Waals surface area contributed by atoms with Crippen LogP contribution >= 0.6 is 15.9 Å². The summed E-state index contributed by atoms with van der Waals surface area (Å²) in [5.74, 6) is 1.16. The highest BCUT2D eigenvalue weighted by molar-refractivity contribution is 9.10. The predicted molar refractivity (Wildman–Crippen MR) is 79.5 cm³/mol. The number of pyridine rings is 1. The number of nitrogens with zero attached hydrogens (tertiary/aromatic N) is 1. The van der Waals surface area contributed by atoms with Crippen LogP contribution in [-0.4, -0.2) is 25.0 Å². The molecule has 1 aromatic heterocycles. The first-order valence-electron chi connectivity index (χ1n) is 5.98. The number of carbonyl (C=O) groups is 1. The molecule has 0 saturated carbocycles. The van der Waals surface area contributed by atoms with Gasteiger partial charge < -0.3 is 9.47 Å². The van der Waals surface area contributed by atoms with Crippen molar-refractivity contribution >= 4 is 21.7 Å². The molecule has 0 aliphatic carbocycles. The Labute approximate surface area is 125 Å². The Hall–Kier alpha value is -1.88. The van der Waals surface area contributed by atoms with Gasteiger partial charge in [-0.05, 0) is 45.8 Å². The summed E-state index contributed by atoms with van der Waals surface area (Å²) in [7, 11) is 3.11. The van der Waals surface area contributed by atoms with Crippen molar-refractivity contribution in [3.05, 3.63) is 52.3 Å². The number of ether oxygens (including phenoxy) is 2. The average molecular weight is 336 g/mol. The van der Waals surface area contributed by atoms with Gasteiger partial charge in [-0.2, -0.15) is 0 Å². The lowest BCUT2D eigenvalue weighted by Crippen LogP contribution is -2.04. The standard InChI is InChI=1S/C15H14BrNO3/c1-19-14-4-3-11(7-15(14)20-2)13(18)6-10-5-12(16)9-17-8-10/h3-5,7-9H,6H2,1-2H3. The van der Waals surface area contributed by atoms with Gasteiger partial charge in [0.05, 0.1) is 14.2 Å². The lowest BCUT2D eigenvalue weighted by molar-refractivity contribution is 0.0992. The number of ketones is 1. The Balaban J connectivity index is 2.21. The maximum Gasteiger partial charge on any atom is 0.167 e. The van der Waals surface area contributed by atoms with Crippen LogP contribution in [0.15, 0.2) is 41.1 Å². The zero-order valence-corrected chi connectivity index (χ0v) is 12.8. The van der Waals surface area contributed by atoms with E-state index in [9.17, 15) is 4.79 Å². The quantitative estimate of drug-likeness (QED) is 0.786. The van der Waals surface area contributed by atoms with Crippen molar-refractivity contribution in [3.63, 3.8) is 0 Å². The van der Waals surface area contributed by atoms with E-state index >= 15 is 0 Å². The smallest absolute Gasteiger partial charge is 0.167 e. The van der Waals surface area contributed by atoms with E-state index in [2.05, 4.69) is 20.9 Å². The largest absolute Gasteiger partial charge is 0.493 e. The molecule has 4 nitrogen and oxygen atoms in total. The molecule has 2 rings (SSSR count). The number of halogens is 1. The molecule has 0 fully saturated rings. The molecule has 1 aromatic carbocycles. The van der Waals surface area contributed by atoms with Gasteiger partial charge >= 0.3 is 0 Å². The van der Waals surface area contributed by atoms with Crippen molar-refractivity contribution in [1.29, 1.82) is 0 Å². The summed E-state index contributed by atoms with van der Waals surface area (Å²) in [6, 6.07) is 7.03. The third-order valence-electron chi connectivity index (χ3n) is 2.83. The fourth-order valence-corrected chi connectivity index (χ4v) is 2.26. The van der Waals surface area contributed by atoms with Gasteiger partial charge in [0, 0.05) is 28.9 Å². The van der Waals surface area contributed by atoms with E-state index < -0.39 is 0 Å². The first-order valence-corrected chi connectivity index (χ1v) is 6.78. The number of carbonyl (C=O) groups excluding carboxylic acids is 1. The van der Waals surface area contributed by atoms with Gasteiger partial charge in [0.15, 0.2) is 17.3 Å². The molecule has 5 heteroatoms.